The molecule has 0 bridgehead atoms. The van der Waals surface area contributed by atoms with Gasteiger partial charge in [0, 0.05) is 6.54 Å². The van der Waals surface area contributed by atoms with Gasteiger partial charge in [-0.3, -0.25) is 9.59 Å². The number of carbonyl (C=O) groups excluding carboxylic acids is 1. The molecule has 1 amide bonds. The van der Waals surface area contributed by atoms with E-state index in [1.807, 2.05) is 19.1 Å². The molecule has 1 fully saturated rings. The number of methoxy groups -OCH3 is 1. The SMILES string of the molecule is CCOc1cc(CNC(=O)[C@@H]2C[C@@H]2C(=O)O)ccc1OC. The third-order valence-corrected chi connectivity index (χ3v) is 3.44. The second-order valence-electron chi connectivity index (χ2n) is 4.92. The fourth-order valence-electron chi connectivity index (χ4n) is 2.18. The van der Waals surface area contributed by atoms with Crippen LogP contribution in [0.25, 0.3) is 0 Å². The highest BCUT2D eigenvalue weighted by atomic mass is 16.5. The Morgan fingerprint density at radius 1 is 1.33 bits per heavy atom. The van der Waals surface area contributed by atoms with Crippen LogP contribution in [0.4, 0.5) is 0 Å². The number of amides is 1. The van der Waals surface area contributed by atoms with Gasteiger partial charge in [-0.05, 0) is 31.0 Å². The molecule has 1 aromatic rings. The zero-order chi connectivity index (χ0) is 15.4. The van der Waals surface area contributed by atoms with Gasteiger partial charge in [0.05, 0.1) is 25.6 Å². The summed E-state index contributed by atoms with van der Waals surface area (Å²) in [6, 6.07) is 5.43. The number of hydrogen-bond acceptors (Lipinski definition) is 4. The Kier molecular flexibility index (Phi) is 4.67. The first-order valence-corrected chi connectivity index (χ1v) is 6.87. The molecule has 2 rings (SSSR count). The van der Waals surface area contributed by atoms with Crippen molar-refractivity contribution in [3.8, 4) is 11.5 Å². The molecular weight excluding hydrogens is 274 g/mol. The molecule has 114 valence electrons. The van der Waals surface area contributed by atoms with Crippen LogP contribution in [0.1, 0.15) is 18.9 Å². The number of carboxylic acid groups (broad SMARTS) is 1. The third kappa shape index (κ3) is 3.65. The minimum absolute atomic E-state index is 0.212. The van der Waals surface area contributed by atoms with Crippen LogP contribution in [0.2, 0.25) is 0 Å². The highest BCUT2D eigenvalue weighted by molar-refractivity contribution is 5.89. The van der Waals surface area contributed by atoms with Gasteiger partial charge in [-0.1, -0.05) is 6.07 Å². The summed E-state index contributed by atoms with van der Waals surface area (Å²) in [4.78, 5) is 22.5. The third-order valence-electron chi connectivity index (χ3n) is 3.44. The van der Waals surface area contributed by atoms with E-state index in [1.54, 1.807) is 13.2 Å². The van der Waals surface area contributed by atoms with Crippen LogP contribution in [0.3, 0.4) is 0 Å². The number of benzene rings is 1. The van der Waals surface area contributed by atoms with Crippen LogP contribution in [0.5, 0.6) is 11.5 Å². The summed E-state index contributed by atoms with van der Waals surface area (Å²) in [5.41, 5.74) is 0.875. The number of carbonyl (C=O) groups is 2. The van der Waals surface area contributed by atoms with Crippen LogP contribution < -0.4 is 14.8 Å². The molecule has 0 radical (unpaired) electrons. The molecule has 0 aromatic heterocycles. The van der Waals surface area contributed by atoms with Gasteiger partial charge in [-0.2, -0.15) is 0 Å². The monoisotopic (exact) mass is 293 g/mol. The van der Waals surface area contributed by atoms with Crippen LogP contribution in [0, 0.1) is 11.8 Å². The molecule has 21 heavy (non-hydrogen) atoms. The van der Waals surface area contributed by atoms with Crippen LogP contribution in [-0.4, -0.2) is 30.7 Å². The fraction of sp³-hybridized carbons (Fsp3) is 0.467. The number of ether oxygens (including phenoxy) is 2. The molecular formula is C15H19NO5. The minimum Gasteiger partial charge on any atom is -0.493 e. The Morgan fingerprint density at radius 2 is 2.10 bits per heavy atom. The fourth-order valence-corrected chi connectivity index (χ4v) is 2.18. The topological polar surface area (TPSA) is 84.9 Å². The van der Waals surface area contributed by atoms with E-state index >= 15 is 0 Å². The molecule has 0 saturated heterocycles. The predicted octanol–water partition coefficient (Wildman–Crippen LogP) is 1.43. The highest BCUT2D eigenvalue weighted by Crippen LogP contribution is 2.38. The van der Waals surface area contributed by atoms with E-state index in [4.69, 9.17) is 14.6 Å². The zero-order valence-corrected chi connectivity index (χ0v) is 12.1. The van der Waals surface area contributed by atoms with E-state index in [2.05, 4.69) is 5.32 Å². The van der Waals surface area contributed by atoms with E-state index in [-0.39, 0.29) is 5.91 Å². The highest BCUT2D eigenvalue weighted by Gasteiger charge is 2.48. The summed E-state index contributed by atoms with van der Waals surface area (Å²) < 4.78 is 10.7. The number of aliphatic carboxylic acids is 1. The Morgan fingerprint density at radius 3 is 2.67 bits per heavy atom. The van der Waals surface area contributed by atoms with Crippen molar-refractivity contribution in [2.75, 3.05) is 13.7 Å². The molecule has 0 spiro atoms. The quantitative estimate of drug-likeness (QED) is 0.794. The Balaban J connectivity index is 1.93. The van der Waals surface area contributed by atoms with Crippen LogP contribution in [0.15, 0.2) is 18.2 Å². The van der Waals surface area contributed by atoms with E-state index in [9.17, 15) is 9.59 Å². The zero-order valence-electron chi connectivity index (χ0n) is 12.1. The predicted molar refractivity (Wildman–Crippen MR) is 75.2 cm³/mol. The first kappa shape index (κ1) is 15.2. The normalized spacial score (nSPS) is 19.7. The molecule has 0 unspecified atom stereocenters. The van der Waals surface area contributed by atoms with E-state index in [0.717, 1.165) is 5.56 Å². The first-order valence-electron chi connectivity index (χ1n) is 6.87. The van der Waals surface area contributed by atoms with Crippen molar-refractivity contribution in [1.29, 1.82) is 0 Å². The van der Waals surface area contributed by atoms with Gasteiger partial charge >= 0.3 is 5.97 Å². The molecule has 6 nitrogen and oxygen atoms in total. The summed E-state index contributed by atoms with van der Waals surface area (Å²) in [5.74, 6) is -0.775. The van der Waals surface area contributed by atoms with Crippen LogP contribution in [-0.2, 0) is 16.1 Å². The van der Waals surface area contributed by atoms with Crippen molar-refractivity contribution < 1.29 is 24.2 Å². The Bertz CT molecular complexity index is 543. The largest absolute Gasteiger partial charge is 0.493 e. The van der Waals surface area contributed by atoms with Crippen molar-refractivity contribution in [2.45, 2.75) is 19.9 Å². The second-order valence-corrected chi connectivity index (χ2v) is 4.92. The lowest BCUT2D eigenvalue weighted by molar-refractivity contribution is -0.140. The average Bonchev–Trinajstić information content (AvgIpc) is 3.26. The smallest absolute Gasteiger partial charge is 0.307 e. The standard InChI is InChI=1S/C15H19NO5/c1-3-21-13-6-9(4-5-12(13)20-2)8-16-14(17)10-7-11(10)15(18)19/h4-6,10-11H,3,7-8H2,1-2H3,(H,16,17)(H,18,19)/t10-,11+/m1/s1. The average molecular weight is 293 g/mol. The molecule has 0 aliphatic heterocycles. The van der Waals surface area contributed by atoms with E-state index in [0.29, 0.717) is 31.1 Å². The molecule has 6 heteroatoms. The molecule has 1 saturated carbocycles. The molecule has 2 N–H and O–H groups in total. The van der Waals surface area contributed by atoms with Gasteiger partial charge in [0.25, 0.3) is 0 Å². The van der Waals surface area contributed by atoms with Gasteiger partial charge in [0.2, 0.25) is 5.91 Å². The number of rotatable bonds is 7. The van der Waals surface area contributed by atoms with Crippen molar-refractivity contribution in [3.63, 3.8) is 0 Å². The van der Waals surface area contributed by atoms with Crippen LogP contribution >= 0.6 is 0 Å². The molecule has 0 heterocycles. The molecule has 1 aliphatic carbocycles. The maximum atomic E-state index is 11.8. The summed E-state index contributed by atoms with van der Waals surface area (Å²) in [7, 11) is 1.57. The van der Waals surface area contributed by atoms with Crippen molar-refractivity contribution in [1.82, 2.24) is 5.32 Å². The Labute approximate surface area is 123 Å². The van der Waals surface area contributed by atoms with Gasteiger partial charge in [0.15, 0.2) is 11.5 Å². The molecule has 1 aliphatic rings. The summed E-state index contributed by atoms with van der Waals surface area (Å²) in [6.07, 6.45) is 0.425. The number of carboxylic acids is 1. The number of hydrogen-bond donors (Lipinski definition) is 2. The van der Waals surface area contributed by atoms with Crippen molar-refractivity contribution in [2.24, 2.45) is 11.8 Å². The maximum Gasteiger partial charge on any atom is 0.307 e. The van der Waals surface area contributed by atoms with Crippen molar-refractivity contribution in [3.05, 3.63) is 23.8 Å². The second kappa shape index (κ2) is 6.47. The molecule has 1 aromatic carbocycles. The van der Waals surface area contributed by atoms with Gasteiger partial charge < -0.3 is 19.9 Å². The lowest BCUT2D eigenvalue weighted by atomic mass is 10.2. The van der Waals surface area contributed by atoms with E-state index < -0.39 is 17.8 Å². The first-order chi connectivity index (χ1) is 10.1. The molecule has 2 atom stereocenters. The van der Waals surface area contributed by atoms with Gasteiger partial charge in [-0.15, -0.1) is 0 Å². The summed E-state index contributed by atoms with van der Waals surface area (Å²) >= 11 is 0. The lowest BCUT2D eigenvalue weighted by Gasteiger charge is -2.11. The van der Waals surface area contributed by atoms with E-state index in [1.165, 1.54) is 0 Å². The number of nitrogens with one attached hydrogen (secondary N) is 1. The van der Waals surface area contributed by atoms with Gasteiger partial charge in [-0.25, -0.2) is 0 Å². The lowest BCUT2D eigenvalue weighted by Crippen LogP contribution is -2.25. The summed E-state index contributed by atoms with van der Waals surface area (Å²) in [5, 5.41) is 11.6. The van der Waals surface area contributed by atoms with Crippen molar-refractivity contribution >= 4 is 11.9 Å². The Hall–Kier alpha value is -2.24. The maximum absolute atomic E-state index is 11.8. The van der Waals surface area contributed by atoms with Gasteiger partial charge in [0.1, 0.15) is 0 Å². The minimum atomic E-state index is -0.904. The summed E-state index contributed by atoms with van der Waals surface area (Å²) in [6.45, 7) is 2.74.